The molecule has 0 radical (unpaired) electrons. The number of hydrogen-bond donors (Lipinski definition) is 20. The normalized spacial score (nSPS) is 33.0. The van der Waals surface area contributed by atoms with Crippen molar-refractivity contribution in [3.63, 3.8) is 0 Å². The number of aliphatic hydroxyl groups excluding tert-OH is 16. The first-order valence-electron chi connectivity index (χ1n) is 43.1. The molecule has 34 nitrogen and oxygen atoms in total. The van der Waals surface area contributed by atoms with E-state index in [4.69, 9.17) is 47.4 Å². The van der Waals surface area contributed by atoms with Crippen molar-refractivity contribution < 1.29 is 153 Å². The Bertz CT molecular complexity index is 2650. The van der Waals surface area contributed by atoms with E-state index < -0.39 is 235 Å². The summed E-state index contributed by atoms with van der Waals surface area (Å²) in [6.07, 6.45) is -2.88. The predicted molar refractivity (Wildman–Crippen MR) is 415 cm³/mol. The molecule has 5 saturated heterocycles. The number of rotatable bonds is 60. The highest BCUT2D eigenvalue weighted by Crippen LogP contribution is 2.38. The maximum absolute atomic E-state index is 13.6. The first-order chi connectivity index (χ1) is 55.2. The van der Waals surface area contributed by atoms with Gasteiger partial charge < -0.3 is 150 Å². The number of amides is 3. The third-order valence-corrected chi connectivity index (χ3v) is 22.6. The molecule has 672 valence electrons. The quantitative estimate of drug-likeness (QED) is 0.0306. The van der Waals surface area contributed by atoms with Gasteiger partial charge in [0.15, 0.2) is 25.2 Å². The van der Waals surface area contributed by atoms with E-state index in [1.54, 1.807) is 6.08 Å². The van der Waals surface area contributed by atoms with Gasteiger partial charge >= 0.3 is 5.97 Å². The average Bonchev–Trinajstić information content (AvgIpc) is 0.764. The van der Waals surface area contributed by atoms with Crippen LogP contribution in [0.1, 0.15) is 265 Å². The van der Waals surface area contributed by atoms with E-state index in [0.29, 0.717) is 12.8 Å². The van der Waals surface area contributed by atoms with Crippen LogP contribution in [0, 0.1) is 0 Å². The van der Waals surface area contributed by atoms with Crippen molar-refractivity contribution in [2.45, 2.75) is 436 Å². The van der Waals surface area contributed by atoms with Crippen molar-refractivity contribution in [3.8, 4) is 0 Å². The van der Waals surface area contributed by atoms with Crippen LogP contribution in [0.4, 0.5) is 0 Å². The zero-order valence-corrected chi connectivity index (χ0v) is 68.5. The highest BCUT2D eigenvalue weighted by Gasteiger charge is 2.59. The molecule has 5 aliphatic heterocycles. The minimum Gasteiger partial charge on any atom is -0.477 e. The van der Waals surface area contributed by atoms with Crippen molar-refractivity contribution >= 4 is 23.7 Å². The molecular weight excluding hydrogens is 1510 g/mol. The molecule has 5 fully saturated rings. The number of carboxylic acids is 1. The van der Waals surface area contributed by atoms with Gasteiger partial charge in [0, 0.05) is 26.7 Å². The number of allylic oxidation sites excluding steroid dienone is 1. The molecule has 115 heavy (non-hydrogen) atoms. The van der Waals surface area contributed by atoms with Gasteiger partial charge in [-0.2, -0.15) is 0 Å². The first kappa shape index (κ1) is 102. The second kappa shape index (κ2) is 56.3. The summed E-state index contributed by atoms with van der Waals surface area (Å²) in [4.78, 5) is 51.7. The largest absolute Gasteiger partial charge is 0.477 e. The molecule has 3 amide bonds. The maximum Gasteiger partial charge on any atom is 0.364 e. The number of carbonyl (C=O) groups excluding carboxylic acids is 3. The zero-order valence-electron chi connectivity index (χ0n) is 68.5. The maximum atomic E-state index is 13.6. The Morgan fingerprint density at radius 1 is 0.461 bits per heavy atom. The Kier molecular flexibility index (Phi) is 50.0. The minimum atomic E-state index is -3.00. The van der Waals surface area contributed by atoms with Crippen LogP contribution >= 0.6 is 0 Å². The summed E-state index contributed by atoms with van der Waals surface area (Å²) in [5.41, 5.74) is 0. The smallest absolute Gasteiger partial charge is 0.364 e. The molecule has 5 aliphatic rings. The molecule has 20 N–H and O–H groups in total. The molecule has 10 unspecified atom stereocenters. The minimum absolute atomic E-state index is 0.172. The lowest BCUT2D eigenvalue weighted by molar-refractivity contribution is -0.382. The van der Waals surface area contributed by atoms with Gasteiger partial charge in [-0.05, 0) is 19.3 Å². The van der Waals surface area contributed by atoms with Gasteiger partial charge in [0.2, 0.25) is 17.7 Å². The fourth-order valence-corrected chi connectivity index (χ4v) is 15.6. The third-order valence-electron chi connectivity index (χ3n) is 22.6. The van der Waals surface area contributed by atoms with Crippen LogP contribution < -0.4 is 16.0 Å². The standard InChI is InChI=1S/C81H147N3O31/c1-5-7-9-11-13-15-17-19-20-21-22-23-24-25-26-27-28-30-32-34-36-38-40-42-60(94)84-52(53(91)41-39-37-35-33-31-29-18-16-14-12-10-8-6-2)48-106-77-70(102)68(100)72(58(47-88)110-77)112-79-71(103)75(66(98)57(46-87)109-79)114-76-62(83-51(4)90)73(65(97)56(45-86)108-76)113-78-69(101)67(99)64(96)59(111-78)49-107-81(80(104)105)43-54(92)61(82-50(3)89)74(115-81)63(95)55(93)44-85/h39,41,52-59,61-79,85-88,91-93,95-103H,5-38,40,42-49H2,1-4H3,(H,82,89)(H,83,90)(H,84,94)(H,104,105)/b41-39+/t52-,53+,54?,55+,56?,57?,58?,59?,61+,62?,63+,64-,65+,66-,67-,68+,69?,70?,71?,72+,73+,74?,75-,76-,77+,78-,79-,81+/m0/s1. The number of carboxylic acid groups (broad SMARTS) is 1. The van der Waals surface area contributed by atoms with Crippen LogP contribution in [-0.2, 0) is 66.5 Å². The fourth-order valence-electron chi connectivity index (χ4n) is 15.6. The molecule has 5 rings (SSSR count). The van der Waals surface area contributed by atoms with Crippen molar-refractivity contribution in [2.75, 3.05) is 39.6 Å². The van der Waals surface area contributed by atoms with Gasteiger partial charge in [0.25, 0.3) is 5.79 Å². The van der Waals surface area contributed by atoms with Crippen molar-refractivity contribution in [3.05, 3.63) is 12.2 Å². The molecule has 0 bridgehead atoms. The van der Waals surface area contributed by atoms with Gasteiger partial charge in [-0.1, -0.05) is 231 Å². The molecule has 0 aliphatic carbocycles. The topological polar surface area (TPSA) is 541 Å². The molecule has 0 spiro atoms. The van der Waals surface area contributed by atoms with Gasteiger partial charge in [-0.15, -0.1) is 0 Å². The molecule has 34 heteroatoms. The second-order valence-corrected chi connectivity index (χ2v) is 32.1. The van der Waals surface area contributed by atoms with E-state index in [9.17, 15) is 106 Å². The van der Waals surface area contributed by atoms with Gasteiger partial charge in [-0.25, -0.2) is 4.79 Å². The van der Waals surface area contributed by atoms with Crippen molar-refractivity contribution in [1.29, 1.82) is 0 Å². The van der Waals surface area contributed by atoms with Crippen LogP contribution in [-0.4, -0.2) is 321 Å². The van der Waals surface area contributed by atoms with Crippen molar-refractivity contribution in [1.82, 2.24) is 16.0 Å². The summed E-state index contributed by atoms with van der Waals surface area (Å²) in [6, 6.07) is -4.54. The lowest BCUT2D eigenvalue weighted by atomic mass is 9.88. The van der Waals surface area contributed by atoms with Gasteiger partial charge in [0.1, 0.15) is 116 Å². The molecule has 0 aromatic heterocycles. The molecular formula is C81H147N3O31. The Hall–Kier alpha value is -3.42. The van der Waals surface area contributed by atoms with Crippen LogP contribution in [0.5, 0.6) is 0 Å². The third kappa shape index (κ3) is 34.1. The fraction of sp³-hybridized carbons (Fsp3) is 0.926. The second-order valence-electron chi connectivity index (χ2n) is 32.1. The van der Waals surface area contributed by atoms with Gasteiger partial charge in [-0.3, -0.25) is 14.4 Å². The first-order valence-corrected chi connectivity index (χ1v) is 43.1. The van der Waals surface area contributed by atoms with E-state index >= 15 is 0 Å². The van der Waals surface area contributed by atoms with E-state index in [1.807, 2.05) is 6.08 Å². The highest BCUT2D eigenvalue weighted by atomic mass is 16.8. The number of aliphatic hydroxyl groups is 16. The molecule has 28 atom stereocenters. The highest BCUT2D eigenvalue weighted by molar-refractivity contribution is 5.77. The lowest BCUT2D eigenvalue weighted by Crippen LogP contribution is -2.70. The summed E-state index contributed by atoms with van der Waals surface area (Å²) in [6.45, 7) is 0.755. The van der Waals surface area contributed by atoms with Crippen LogP contribution in [0.15, 0.2) is 12.2 Å². The number of carbonyl (C=O) groups is 4. The average molecular weight is 1660 g/mol. The van der Waals surface area contributed by atoms with E-state index in [1.165, 1.54) is 161 Å². The molecule has 0 aromatic rings. The Morgan fingerprint density at radius 3 is 1.36 bits per heavy atom. The Balaban J connectivity index is 1.20. The number of unbranched alkanes of at least 4 members (excludes halogenated alkanes) is 33. The van der Waals surface area contributed by atoms with E-state index in [2.05, 4.69) is 29.8 Å². The Morgan fingerprint density at radius 2 is 0.878 bits per heavy atom. The summed E-state index contributed by atoms with van der Waals surface area (Å²) >= 11 is 0. The molecule has 0 aromatic carbocycles. The van der Waals surface area contributed by atoms with Gasteiger partial charge in [0.05, 0.1) is 63.9 Å². The Labute approximate surface area is 678 Å². The number of hydrogen-bond acceptors (Lipinski definition) is 30. The lowest BCUT2D eigenvalue weighted by Gasteiger charge is -2.50. The summed E-state index contributed by atoms with van der Waals surface area (Å²) in [5, 5.41) is 196. The van der Waals surface area contributed by atoms with Crippen LogP contribution in [0.3, 0.4) is 0 Å². The summed E-state index contributed by atoms with van der Waals surface area (Å²) in [7, 11) is 0. The van der Waals surface area contributed by atoms with E-state index in [0.717, 1.165) is 65.2 Å². The molecule has 0 saturated carbocycles. The summed E-state index contributed by atoms with van der Waals surface area (Å²) < 4.78 is 58.9. The predicted octanol–water partition coefficient (Wildman–Crippen LogP) is 2.08. The molecule has 5 heterocycles. The summed E-state index contributed by atoms with van der Waals surface area (Å²) in [5.74, 6) is -7.01. The SMILES string of the molecule is CCCCCCCCCCCCC/C=C/[C@@H](O)[C@H](CO[C@@H]1OC(CO)[C@@H](O[C@@H]2OC(CO)[C@H](O)[C@H](O[C@@H]3OC(CO)[C@@H](O)[C@H](O[C@@H]4OC(CO[C@]5(C(=O)O)CC(O)[C@@H](NC(C)=O)C([C@H](O)[C@H](O)CO)O5)[C@H](O)[C@H](O)C4O)C3NC(C)=O)C2O)[C@H](O)C1O)NC(=O)CCCCCCCCCCCCCCCCCCCCCCCCC. The monoisotopic (exact) mass is 1660 g/mol. The number of ether oxygens (including phenoxy) is 10. The van der Waals surface area contributed by atoms with E-state index in [-0.39, 0.29) is 12.3 Å². The zero-order chi connectivity index (χ0) is 84.4. The van der Waals surface area contributed by atoms with Crippen LogP contribution in [0.2, 0.25) is 0 Å². The number of nitrogens with one attached hydrogen (secondary N) is 3. The van der Waals surface area contributed by atoms with Crippen LogP contribution in [0.25, 0.3) is 0 Å². The number of aliphatic carboxylic acids is 1. The van der Waals surface area contributed by atoms with Crippen molar-refractivity contribution in [2.24, 2.45) is 0 Å².